The number of aliphatic hydroxyl groups is 1. The summed E-state index contributed by atoms with van der Waals surface area (Å²) in [6, 6.07) is 0. The third kappa shape index (κ3) is 2.12. The van der Waals surface area contributed by atoms with Crippen LogP contribution in [0.4, 0.5) is 0 Å². The van der Waals surface area contributed by atoms with Gasteiger partial charge in [0.05, 0.1) is 6.26 Å². The predicted molar refractivity (Wildman–Crippen MR) is 19.6 cm³/mol. The molecule has 0 heterocycles. The summed E-state index contributed by atoms with van der Waals surface area (Å²) < 4.78 is 0. The van der Waals surface area contributed by atoms with E-state index in [-0.39, 0.29) is 7.43 Å². The van der Waals surface area contributed by atoms with Gasteiger partial charge in [-0.05, 0) is 0 Å². The third-order valence-electron chi connectivity index (χ3n) is 0. The van der Waals surface area contributed by atoms with Crippen molar-refractivity contribution in [3.8, 4) is 0 Å². The molecule has 0 aliphatic carbocycles. The average Bonchev–Trinajstić information content (AvgIpc) is 0.918. The Kier molecular flexibility index (Phi) is 49.7. The number of rotatable bonds is 0. The van der Waals surface area contributed by atoms with Crippen molar-refractivity contribution in [1.29, 1.82) is 0 Å². The largest absolute Gasteiger partial charge is 0.516 e. The van der Waals surface area contributed by atoms with Crippen LogP contribution in [0.3, 0.4) is 0 Å². The molecule has 0 fully saturated rings. The molecular formula is C3H8O. The molecule has 0 bridgehead atoms. The van der Waals surface area contributed by atoms with Crippen LogP contribution in [0.25, 0.3) is 0 Å². The Balaban J connectivity index is 0. The SMILES string of the molecule is C.C=CO. The van der Waals surface area contributed by atoms with Gasteiger partial charge in [-0.3, -0.25) is 0 Å². The molecular weight excluding hydrogens is 52.0 g/mol. The van der Waals surface area contributed by atoms with E-state index < -0.39 is 0 Å². The van der Waals surface area contributed by atoms with Gasteiger partial charge in [-0.1, -0.05) is 14.0 Å². The molecule has 0 aliphatic rings. The van der Waals surface area contributed by atoms with Crippen LogP contribution in [0.1, 0.15) is 7.43 Å². The molecule has 0 aromatic rings. The van der Waals surface area contributed by atoms with Gasteiger partial charge in [0.25, 0.3) is 0 Å². The summed E-state index contributed by atoms with van der Waals surface area (Å²) >= 11 is 0. The van der Waals surface area contributed by atoms with E-state index in [0.29, 0.717) is 0 Å². The summed E-state index contributed by atoms with van der Waals surface area (Å²) in [6.07, 6.45) is 0.750. The molecule has 0 amide bonds. The summed E-state index contributed by atoms with van der Waals surface area (Å²) in [7, 11) is 0. The first kappa shape index (κ1) is 9.63. The summed E-state index contributed by atoms with van der Waals surface area (Å²) in [5.41, 5.74) is 0. The summed E-state index contributed by atoms with van der Waals surface area (Å²) in [5, 5.41) is 7.33. The Hall–Kier alpha value is -0.460. The van der Waals surface area contributed by atoms with Crippen LogP contribution in [-0.4, -0.2) is 5.11 Å². The second-order valence-corrected chi connectivity index (χ2v) is 0.183. The van der Waals surface area contributed by atoms with Crippen molar-refractivity contribution < 1.29 is 5.11 Å². The zero-order chi connectivity index (χ0) is 2.71. The second kappa shape index (κ2) is 20.7. The van der Waals surface area contributed by atoms with E-state index in [1.807, 2.05) is 0 Å². The molecule has 4 heavy (non-hydrogen) atoms. The molecule has 1 heteroatoms. The van der Waals surface area contributed by atoms with Crippen molar-refractivity contribution in [3.05, 3.63) is 12.8 Å². The standard InChI is InChI=1S/C2H4O.CH4/c1-2-3;/h2-3H,1H2;1H4. The maximum atomic E-state index is 7.33. The fourth-order valence-electron chi connectivity index (χ4n) is 0. The van der Waals surface area contributed by atoms with Gasteiger partial charge in [0.1, 0.15) is 0 Å². The smallest absolute Gasteiger partial charge is 0.0719 e. The first-order chi connectivity index (χ1) is 1.41. The van der Waals surface area contributed by atoms with Crippen LogP contribution in [0.2, 0.25) is 0 Å². The van der Waals surface area contributed by atoms with Crippen molar-refractivity contribution in [1.82, 2.24) is 0 Å². The molecule has 0 saturated carbocycles. The lowest BCUT2D eigenvalue weighted by Gasteiger charge is -1.41. The van der Waals surface area contributed by atoms with E-state index in [1.165, 1.54) is 0 Å². The fourth-order valence-corrected chi connectivity index (χ4v) is 0. The van der Waals surface area contributed by atoms with E-state index >= 15 is 0 Å². The van der Waals surface area contributed by atoms with Crippen molar-refractivity contribution in [2.45, 2.75) is 7.43 Å². The second-order valence-electron chi connectivity index (χ2n) is 0.183. The van der Waals surface area contributed by atoms with Gasteiger partial charge in [0.15, 0.2) is 0 Å². The van der Waals surface area contributed by atoms with Gasteiger partial charge in [-0.2, -0.15) is 0 Å². The molecule has 0 saturated heterocycles. The highest BCUT2D eigenvalue weighted by Gasteiger charge is 1.11. The average molecular weight is 60.1 g/mol. The van der Waals surface area contributed by atoms with Crippen LogP contribution in [0.5, 0.6) is 0 Å². The van der Waals surface area contributed by atoms with E-state index in [4.69, 9.17) is 5.11 Å². The van der Waals surface area contributed by atoms with Gasteiger partial charge in [0, 0.05) is 0 Å². The molecule has 0 unspecified atom stereocenters. The van der Waals surface area contributed by atoms with Crippen LogP contribution in [0.15, 0.2) is 12.8 Å². The number of hydrogen-bond acceptors (Lipinski definition) is 1. The minimum Gasteiger partial charge on any atom is -0.516 e. The van der Waals surface area contributed by atoms with E-state index in [0.717, 1.165) is 6.26 Å². The van der Waals surface area contributed by atoms with Gasteiger partial charge in [-0.25, -0.2) is 0 Å². The first-order valence-corrected chi connectivity index (χ1v) is 0.666. The Morgan fingerprint density at radius 2 is 1.75 bits per heavy atom. The van der Waals surface area contributed by atoms with Crippen molar-refractivity contribution in [2.24, 2.45) is 0 Å². The van der Waals surface area contributed by atoms with Gasteiger partial charge in [0.2, 0.25) is 0 Å². The summed E-state index contributed by atoms with van der Waals surface area (Å²) in [4.78, 5) is 0. The van der Waals surface area contributed by atoms with Crippen LogP contribution in [0, 0.1) is 0 Å². The van der Waals surface area contributed by atoms with E-state index in [9.17, 15) is 0 Å². The van der Waals surface area contributed by atoms with Crippen molar-refractivity contribution >= 4 is 0 Å². The zero-order valence-electron chi connectivity index (χ0n) is 1.73. The highest BCUT2D eigenvalue weighted by molar-refractivity contribution is 4.38. The lowest BCUT2D eigenvalue weighted by Crippen LogP contribution is -1.25. The number of aliphatic hydroxyl groups excluding tert-OH is 1. The quantitative estimate of drug-likeness (QED) is 0.418. The monoisotopic (exact) mass is 60.1 g/mol. The van der Waals surface area contributed by atoms with Gasteiger partial charge < -0.3 is 5.11 Å². The Morgan fingerprint density at radius 3 is 1.75 bits per heavy atom. The molecule has 0 aromatic carbocycles. The minimum atomic E-state index is 0. The maximum absolute atomic E-state index is 7.33. The maximum Gasteiger partial charge on any atom is 0.0719 e. The molecule has 0 rings (SSSR count). The lowest BCUT2D eigenvalue weighted by molar-refractivity contribution is 0.476. The van der Waals surface area contributed by atoms with Crippen LogP contribution >= 0.6 is 0 Å². The summed E-state index contributed by atoms with van der Waals surface area (Å²) in [5.74, 6) is 0. The van der Waals surface area contributed by atoms with E-state index in [1.54, 1.807) is 0 Å². The normalized spacial score (nSPS) is 3.00. The van der Waals surface area contributed by atoms with Crippen molar-refractivity contribution in [3.63, 3.8) is 0 Å². The fraction of sp³-hybridized carbons (Fsp3) is 0.333. The molecule has 0 aromatic heterocycles. The van der Waals surface area contributed by atoms with Gasteiger partial charge >= 0.3 is 0 Å². The molecule has 0 spiro atoms. The third-order valence-corrected chi connectivity index (χ3v) is 0. The minimum absolute atomic E-state index is 0. The van der Waals surface area contributed by atoms with Crippen molar-refractivity contribution in [2.75, 3.05) is 0 Å². The highest BCUT2D eigenvalue weighted by Crippen LogP contribution is 1.26. The first-order valence-electron chi connectivity index (χ1n) is 0.666. The Morgan fingerprint density at radius 1 is 1.75 bits per heavy atom. The highest BCUT2D eigenvalue weighted by atomic mass is 16.2. The predicted octanol–water partition coefficient (Wildman–Crippen LogP) is 1.32. The molecule has 1 N–H and O–H groups in total. The molecule has 0 radical (unpaired) electrons. The number of hydrogen-bond donors (Lipinski definition) is 1. The van der Waals surface area contributed by atoms with Gasteiger partial charge in [-0.15, -0.1) is 0 Å². The van der Waals surface area contributed by atoms with E-state index in [2.05, 4.69) is 6.58 Å². The van der Waals surface area contributed by atoms with Crippen LogP contribution in [-0.2, 0) is 0 Å². The molecule has 0 atom stereocenters. The topological polar surface area (TPSA) is 20.2 Å². The Labute approximate surface area is 26.6 Å². The summed E-state index contributed by atoms with van der Waals surface area (Å²) in [6.45, 7) is 2.92. The molecule has 26 valence electrons. The Bertz CT molecular complexity index is 10.8. The van der Waals surface area contributed by atoms with Crippen LogP contribution < -0.4 is 0 Å². The molecule has 0 aliphatic heterocycles. The zero-order valence-corrected chi connectivity index (χ0v) is 1.73. The lowest BCUT2D eigenvalue weighted by atomic mass is 11.2. The molecule has 1 nitrogen and oxygen atoms in total.